The maximum atomic E-state index is 12.4. The predicted molar refractivity (Wildman–Crippen MR) is 82.8 cm³/mol. The van der Waals surface area contributed by atoms with Crippen LogP contribution in [0.3, 0.4) is 0 Å². The Balaban J connectivity index is 2.11. The zero-order valence-corrected chi connectivity index (χ0v) is 12.8. The monoisotopic (exact) mass is 298 g/mol. The topological polar surface area (TPSA) is 41.4 Å². The van der Waals surface area contributed by atoms with Crippen LogP contribution in [0.1, 0.15) is 19.8 Å². The Bertz CT molecular complexity index is 476. The molecule has 0 bridgehead atoms. The van der Waals surface area contributed by atoms with Crippen molar-refractivity contribution in [1.29, 1.82) is 0 Å². The smallest absolute Gasteiger partial charge is 0.293 e. The average Bonchev–Trinajstić information content (AvgIpc) is 2.68. The van der Waals surface area contributed by atoms with E-state index in [9.17, 15) is 4.79 Å². The second-order valence-corrected chi connectivity index (χ2v) is 5.50. The lowest BCUT2D eigenvalue weighted by atomic mass is 10.3. The van der Waals surface area contributed by atoms with Crippen LogP contribution in [0.2, 0.25) is 0 Å². The molecule has 5 nitrogen and oxygen atoms in total. The van der Waals surface area contributed by atoms with Gasteiger partial charge in [0.15, 0.2) is 5.82 Å². The molecule has 1 aliphatic heterocycles. The lowest BCUT2D eigenvalue weighted by Crippen LogP contribution is -2.36. The van der Waals surface area contributed by atoms with E-state index in [1.165, 1.54) is 0 Å². The molecule has 1 aromatic heterocycles. The lowest BCUT2D eigenvalue weighted by molar-refractivity contribution is 0.311. The third kappa shape index (κ3) is 3.73. The lowest BCUT2D eigenvalue weighted by Gasteiger charge is -2.22. The number of halogens is 1. The summed E-state index contributed by atoms with van der Waals surface area (Å²) in [4.78, 5) is 21.2. The Labute approximate surface area is 125 Å². The number of nitrogens with zero attached hydrogens (tertiary/aromatic N) is 4. The zero-order valence-electron chi connectivity index (χ0n) is 12.1. The summed E-state index contributed by atoms with van der Waals surface area (Å²) in [5.41, 5.74) is 0.0279. The number of rotatable bonds is 5. The van der Waals surface area contributed by atoms with Gasteiger partial charge >= 0.3 is 0 Å². The minimum atomic E-state index is 0.0279. The van der Waals surface area contributed by atoms with Crippen molar-refractivity contribution >= 4 is 17.4 Å². The van der Waals surface area contributed by atoms with Gasteiger partial charge in [0.05, 0.1) is 0 Å². The van der Waals surface area contributed by atoms with E-state index in [1.807, 2.05) is 0 Å². The SMILES string of the molecule is CCCn1ccnc(N2CCCN(CCCl)CC2)c1=O. The second kappa shape index (κ2) is 7.64. The summed E-state index contributed by atoms with van der Waals surface area (Å²) in [5.74, 6) is 1.25. The van der Waals surface area contributed by atoms with Crippen LogP contribution in [-0.4, -0.2) is 53.1 Å². The van der Waals surface area contributed by atoms with E-state index >= 15 is 0 Å². The Morgan fingerprint density at radius 3 is 2.85 bits per heavy atom. The van der Waals surface area contributed by atoms with Crippen molar-refractivity contribution in [2.24, 2.45) is 0 Å². The third-order valence-electron chi connectivity index (χ3n) is 3.65. The van der Waals surface area contributed by atoms with Crippen molar-refractivity contribution in [3.63, 3.8) is 0 Å². The summed E-state index contributed by atoms with van der Waals surface area (Å²) in [6.07, 6.45) is 5.49. The Hall–Kier alpha value is -1.07. The van der Waals surface area contributed by atoms with Gasteiger partial charge in [-0.2, -0.15) is 0 Å². The molecular formula is C14H23ClN4O. The molecule has 0 spiro atoms. The molecule has 0 aliphatic carbocycles. The van der Waals surface area contributed by atoms with Crippen LogP contribution in [0.5, 0.6) is 0 Å². The number of hydrogen-bond acceptors (Lipinski definition) is 4. The van der Waals surface area contributed by atoms with Gasteiger partial charge in [-0.15, -0.1) is 11.6 Å². The molecule has 0 saturated carbocycles. The minimum Gasteiger partial charge on any atom is -0.351 e. The van der Waals surface area contributed by atoms with Gasteiger partial charge in [-0.3, -0.25) is 4.79 Å². The van der Waals surface area contributed by atoms with Gasteiger partial charge in [0, 0.05) is 51.0 Å². The van der Waals surface area contributed by atoms with E-state index in [4.69, 9.17) is 11.6 Å². The summed E-state index contributed by atoms with van der Waals surface area (Å²) in [6, 6.07) is 0. The first kappa shape index (κ1) is 15.3. The maximum Gasteiger partial charge on any atom is 0.293 e. The quantitative estimate of drug-likeness (QED) is 0.771. The number of alkyl halides is 1. The largest absolute Gasteiger partial charge is 0.351 e. The van der Waals surface area contributed by atoms with Crippen molar-refractivity contribution in [3.8, 4) is 0 Å². The van der Waals surface area contributed by atoms with Gasteiger partial charge < -0.3 is 14.4 Å². The van der Waals surface area contributed by atoms with Crippen molar-refractivity contribution in [3.05, 3.63) is 22.7 Å². The summed E-state index contributed by atoms with van der Waals surface area (Å²) >= 11 is 5.80. The number of hydrogen-bond donors (Lipinski definition) is 0. The molecule has 1 aliphatic rings. The summed E-state index contributed by atoms with van der Waals surface area (Å²) in [7, 11) is 0. The molecule has 0 unspecified atom stereocenters. The van der Waals surface area contributed by atoms with Gasteiger partial charge in [0.2, 0.25) is 0 Å². The fraction of sp³-hybridized carbons (Fsp3) is 0.714. The van der Waals surface area contributed by atoms with Crippen LogP contribution in [0.4, 0.5) is 5.82 Å². The number of aryl methyl sites for hydroxylation is 1. The number of aromatic nitrogens is 2. The summed E-state index contributed by atoms with van der Waals surface area (Å²) in [6.45, 7) is 7.45. The van der Waals surface area contributed by atoms with Crippen LogP contribution in [0, 0.1) is 0 Å². The highest BCUT2D eigenvalue weighted by Crippen LogP contribution is 2.09. The van der Waals surface area contributed by atoms with Crippen molar-refractivity contribution in [1.82, 2.24) is 14.5 Å². The van der Waals surface area contributed by atoms with Crippen LogP contribution in [0.25, 0.3) is 0 Å². The highest BCUT2D eigenvalue weighted by atomic mass is 35.5. The summed E-state index contributed by atoms with van der Waals surface area (Å²) in [5, 5.41) is 0. The predicted octanol–water partition coefficient (Wildman–Crippen LogP) is 1.40. The van der Waals surface area contributed by atoms with Crippen LogP contribution < -0.4 is 10.5 Å². The molecule has 112 valence electrons. The van der Waals surface area contributed by atoms with E-state index in [2.05, 4.69) is 21.7 Å². The van der Waals surface area contributed by atoms with Crippen molar-refractivity contribution in [2.75, 3.05) is 43.5 Å². The zero-order chi connectivity index (χ0) is 14.4. The summed E-state index contributed by atoms with van der Waals surface area (Å²) < 4.78 is 1.75. The van der Waals surface area contributed by atoms with E-state index in [1.54, 1.807) is 17.0 Å². The molecule has 0 aromatic carbocycles. The Kier molecular flexibility index (Phi) is 5.86. The molecule has 2 rings (SSSR count). The Morgan fingerprint density at radius 2 is 2.10 bits per heavy atom. The molecule has 20 heavy (non-hydrogen) atoms. The fourth-order valence-electron chi connectivity index (χ4n) is 2.60. The second-order valence-electron chi connectivity index (χ2n) is 5.12. The highest BCUT2D eigenvalue weighted by Gasteiger charge is 2.18. The van der Waals surface area contributed by atoms with Gasteiger partial charge in [0.25, 0.3) is 5.56 Å². The third-order valence-corrected chi connectivity index (χ3v) is 3.82. The molecule has 1 fully saturated rings. The van der Waals surface area contributed by atoms with Crippen LogP contribution in [-0.2, 0) is 6.54 Å². The first-order valence-electron chi connectivity index (χ1n) is 7.35. The van der Waals surface area contributed by atoms with Gasteiger partial charge in [-0.25, -0.2) is 4.98 Å². The van der Waals surface area contributed by atoms with Crippen molar-refractivity contribution in [2.45, 2.75) is 26.3 Å². The minimum absolute atomic E-state index is 0.0279. The first-order chi connectivity index (χ1) is 9.76. The Morgan fingerprint density at radius 1 is 1.25 bits per heavy atom. The van der Waals surface area contributed by atoms with E-state index in [-0.39, 0.29) is 5.56 Å². The molecule has 1 aromatic rings. The van der Waals surface area contributed by atoms with Crippen molar-refractivity contribution < 1.29 is 0 Å². The highest BCUT2D eigenvalue weighted by molar-refractivity contribution is 6.18. The molecule has 0 amide bonds. The molecule has 2 heterocycles. The standard InChI is InChI=1S/C14H23ClN4O/c1-2-6-19-10-5-16-13(14(19)20)18-8-3-7-17(9-4-15)11-12-18/h5,10H,2-4,6-9,11-12H2,1H3. The fourth-order valence-corrected chi connectivity index (χ4v) is 2.83. The molecule has 0 radical (unpaired) electrons. The molecule has 0 atom stereocenters. The van der Waals surface area contributed by atoms with E-state index in [0.29, 0.717) is 11.7 Å². The molecule has 1 saturated heterocycles. The molecule has 6 heteroatoms. The van der Waals surface area contributed by atoms with Crippen LogP contribution in [0.15, 0.2) is 17.2 Å². The van der Waals surface area contributed by atoms with Gasteiger partial charge in [-0.05, 0) is 19.4 Å². The normalized spacial score (nSPS) is 17.2. The van der Waals surface area contributed by atoms with Gasteiger partial charge in [0.1, 0.15) is 0 Å². The average molecular weight is 299 g/mol. The van der Waals surface area contributed by atoms with E-state index < -0.39 is 0 Å². The first-order valence-corrected chi connectivity index (χ1v) is 7.88. The van der Waals surface area contributed by atoms with E-state index in [0.717, 1.165) is 52.1 Å². The molecule has 0 N–H and O–H groups in total. The van der Waals surface area contributed by atoms with Crippen LogP contribution >= 0.6 is 11.6 Å². The maximum absolute atomic E-state index is 12.4. The van der Waals surface area contributed by atoms with Gasteiger partial charge in [-0.1, -0.05) is 6.92 Å². The number of anilines is 1. The molecular weight excluding hydrogens is 276 g/mol.